The summed E-state index contributed by atoms with van der Waals surface area (Å²) in [6.45, 7) is 3.42. The van der Waals surface area contributed by atoms with Crippen LogP contribution in [0.25, 0.3) is 10.9 Å². The second-order valence-corrected chi connectivity index (χ2v) is 11.5. The number of urea groups is 1. The van der Waals surface area contributed by atoms with Gasteiger partial charge in [-0.2, -0.15) is 0 Å². The Hall–Kier alpha value is -5.00. The number of piperidine rings is 1. The number of para-hydroxylation sites is 1. The maximum Gasteiger partial charge on any atom is 0.328 e. The highest BCUT2D eigenvalue weighted by atomic mass is 16.7. The number of carbonyl (C=O) groups is 4. The van der Waals surface area contributed by atoms with Crippen molar-refractivity contribution in [3.8, 4) is 0 Å². The van der Waals surface area contributed by atoms with E-state index in [-0.39, 0.29) is 13.2 Å². The van der Waals surface area contributed by atoms with Crippen LogP contribution in [-0.4, -0.2) is 63.3 Å². The molecule has 2 aromatic heterocycles. The molecular formula is C34H34N6O5. The van der Waals surface area contributed by atoms with Crippen molar-refractivity contribution in [3.05, 3.63) is 108 Å². The first-order valence-corrected chi connectivity index (χ1v) is 15.0. The highest BCUT2D eigenvalue weighted by Gasteiger charge is 2.57. The number of amides is 5. The van der Waals surface area contributed by atoms with Crippen LogP contribution in [0, 0.1) is 18.3 Å². The van der Waals surface area contributed by atoms with Gasteiger partial charge in [0.2, 0.25) is 11.8 Å². The van der Waals surface area contributed by atoms with Crippen LogP contribution in [0.1, 0.15) is 40.0 Å². The first-order valence-electron chi connectivity index (χ1n) is 15.0. The predicted molar refractivity (Wildman–Crippen MR) is 165 cm³/mol. The van der Waals surface area contributed by atoms with Gasteiger partial charge in [-0.3, -0.25) is 44.7 Å². The van der Waals surface area contributed by atoms with E-state index in [4.69, 9.17) is 4.84 Å². The second-order valence-electron chi connectivity index (χ2n) is 11.5. The number of hydroxylamine groups is 2. The molecule has 5 amide bonds. The average Bonchev–Trinajstić information content (AvgIpc) is 3.05. The summed E-state index contributed by atoms with van der Waals surface area (Å²) in [5.74, 6) is -2.44. The number of nitrogens with zero attached hydrogens (tertiary/aromatic N) is 4. The van der Waals surface area contributed by atoms with Gasteiger partial charge in [0.25, 0.3) is 5.91 Å². The van der Waals surface area contributed by atoms with Crippen LogP contribution in [0.2, 0.25) is 0 Å². The van der Waals surface area contributed by atoms with Crippen LogP contribution < -0.4 is 10.6 Å². The number of hydrogen-bond donors (Lipinski definition) is 2. The quantitative estimate of drug-likeness (QED) is 0.217. The molecule has 0 bridgehead atoms. The number of benzene rings is 2. The molecule has 0 spiro atoms. The van der Waals surface area contributed by atoms with Crippen LogP contribution in [0.4, 0.5) is 4.79 Å². The molecule has 2 fully saturated rings. The van der Waals surface area contributed by atoms with Gasteiger partial charge in [-0.15, -0.1) is 0 Å². The standard InChI is InChI=1S/C34H34N6O5/c1-23-18-26(28-11-5-6-12-29(28)36-23)21-45-40(30(41)25-9-3-2-4-10-25)22-34(31(42)37-33(44)38-32(34)43)27-13-16-39(17-14-27)20-24-8-7-15-35-19-24/h2-12,15,18-19,27H,13-14,16-17,20-22H2,1H3,(H2,37,38,42,43,44). The summed E-state index contributed by atoms with van der Waals surface area (Å²) < 4.78 is 0. The summed E-state index contributed by atoms with van der Waals surface area (Å²) in [4.78, 5) is 71.0. The minimum atomic E-state index is -1.75. The monoisotopic (exact) mass is 606 g/mol. The molecule has 0 radical (unpaired) electrons. The molecule has 2 N–H and O–H groups in total. The molecule has 2 saturated heterocycles. The summed E-state index contributed by atoms with van der Waals surface area (Å²) in [5.41, 5.74) is 2.02. The number of likely N-dealkylation sites (tertiary alicyclic amines) is 1. The van der Waals surface area contributed by atoms with E-state index in [9.17, 15) is 19.2 Å². The van der Waals surface area contributed by atoms with Gasteiger partial charge in [0, 0.05) is 35.6 Å². The zero-order chi connectivity index (χ0) is 31.4. The predicted octanol–water partition coefficient (Wildman–Crippen LogP) is 3.78. The normalized spacial score (nSPS) is 17.1. The van der Waals surface area contributed by atoms with Crippen LogP contribution in [-0.2, 0) is 27.6 Å². The fourth-order valence-corrected chi connectivity index (χ4v) is 6.33. The Morgan fingerprint density at radius 2 is 1.69 bits per heavy atom. The van der Waals surface area contributed by atoms with Gasteiger partial charge in [0.15, 0.2) is 5.41 Å². The molecule has 11 nitrogen and oxygen atoms in total. The highest BCUT2D eigenvalue weighted by molar-refractivity contribution is 6.19. The van der Waals surface area contributed by atoms with Crippen molar-refractivity contribution >= 4 is 34.7 Å². The third-order valence-electron chi connectivity index (χ3n) is 8.62. The molecule has 2 aromatic carbocycles. The Morgan fingerprint density at radius 1 is 0.978 bits per heavy atom. The molecule has 230 valence electrons. The number of aryl methyl sites for hydroxylation is 1. The van der Waals surface area contributed by atoms with E-state index >= 15 is 0 Å². The van der Waals surface area contributed by atoms with Gasteiger partial charge in [-0.25, -0.2) is 9.86 Å². The Kier molecular flexibility index (Phi) is 8.63. The molecule has 4 aromatic rings. The second kappa shape index (κ2) is 12.9. The van der Waals surface area contributed by atoms with E-state index in [2.05, 4.69) is 25.5 Å². The van der Waals surface area contributed by atoms with E-state index in [1.165, 1.54) is 0 Å². The smallest absolute Gasteiger partial charge is 0.299 e. The van der Waals surface area contributed by atoms with Crippen molar-refractivity contribution in [3.63, 3.8) is 0 Å². The molecule has 2 aliphatic heterocycles. The largest absolute Gasteiger partial charge is 0.328 e. The number of carbonyl (C=O) groups excluding carboxylic acids is 4. The lowest BCUT2D eigenvalue weighted by molar-refractivity contribution is -0.175. The van der Waals surface area contributed by atoms with E-state index in [1.54, 1.807) is 36.5 Å². The number of aromatic nitrogens is 2. The SMILES string of the molecule is Cc1cc(CON(CC2(C3CCN(Cc4cccnc4)CC3)C(=O)NC(=O)NC2=O)C(=O)c2ccccc2)c2ccccc2n1. The molecule has 0 unspecified atom stereocenters. The fraction of sp³-hybridized carbons (Fsp3) is 0.294. The number of hydrogen-bond acceptors (Lipinski definition) is 8. The number of imide groups is 2. The van der Waals surface area contributed by atoms with Crippen molar-refractivity contribution < 1.29 is 24.0 Å². The van der Waals surface area contributed by atoms with Crippen LogP contribution in [0.5, 0.6) is 0 Å². The molecule has 6 rings (SSSR count). The summed E-state index contributed by atoms with van der Waals surface area (Å²) in [6.07, 6.45) is 4.54. The number of fused-ring (bicyclic) bond motifs is 1. The Balaban J connectivity index is 1.31. The summed E-state index contributed by atoms with van der Waals surface area (Å²) in [6, 6.07) is 21.1. The number of barbiturate groups is 1. The Bertz CT molecular complexity index is 1700. The van der Waals surface area contributed by atoms with Crippen molar-refractivity contribution in [1.82, 2.24) is 30.6 Å². The molecule has 11 heteroatoms. The third-order valence-corrected chi connectivity index (χ3v) is 8.62. The van der Waals surface area contributed by atoms with Gasteiger partial charge < -0.3 is 0 Å². The minimum absolute atomic E-state index is 0.00967. The van der Waals surface area contributed by atoms with Gasteiger partial charge >= 0.3 is 6.03 Å². The molecule has 45 heavy (non-hydrogen) atoms. The minimum Gasteiger partial charge on any atom is -0.299 e. The van der Waals surface area contributed by atoms with Crippen molar-refractivity contribution in [2.24, 2.45) is 11.3 Å². The van der Waals surface area contributed by atoms with E-state index in [0.717, 1.165) is 32.8 Å². The molecular weight excluding hydrogens is 572 g/mol. The summed E-state index contributed by atoms with van der Waals surface area (Å²) in [7, 11) is 0. The highest BCUT2D eigenvalue weighted by Crippen LogP contribution is 2.39. The number of rotatable bonds is 9. The van der Waals surface area contributed by atoms with Crippen LogP contribution in [0.3, 0.4) is 0 Å². The van der Waals surface area contributed by atoms with E-state index in [0.29, 0.717) is 38.0 Å². The lowest BCUT2D eigenvalue weighted by Gasteiger charge is -2.45. The summed E-state index contributed by atoms with van der Waals surface area (Å²) in [5, 5.41) is 6.58. The first-order chi connectivity index (χ1) is 21.8. The maximum atomic E-state index is 14.0. The van der Waals surface area contributed by atoms with Gasteiger partial charge in [-0.05, 0) is 80.2 Å². The number of nitrogens with one attached hydrogen (secondary N) is 2. The van der Waals surface area contributed by atoms with Crippen molar-refractivity contribution in [2.75, 3.05) is 19.6 Å². The average molecular weight is 607 g/mol. The molecule has 2 aliphatic rings. The lowest BCUT2D eigenvalue weighted by Crippen LogP contribution is -2.69. The maximum absolute atomic E-state index is 14.0. The molecule has 0 aliphatic carbocycles. The van der Waals surface area contributed by atoms with Crippen LogP contribution >= 0.6 is 0 Å². The van der Waals surface area contributed by atoms with Gasteiger partial charge in [-0.1, -0.05) is 42.5 Å². The van der Waals surface area contributed by atoms with E-state index < -0.39 is 35.1 Å². The molecule has 4 heterocycles. The molecule has 0 saturated carbocycles. The first kappa shape index (κ1) is 30.0. The lowest BCUT2D eigenvalue weighted by atomic mass is 9.68. The Morgan fingerprint density at radius 3 is 2.40 bits per heavy atom. The summed E-state index contributed by atoms with van der Waals surface area (Å²) >= 11 is 0. The van der Waals surface area contributed by atoms with Crippen LogP contribution in [0.15, 0.2) is 85.2 Å². The van der Waals surface area contributed by atoms with Gasteiger partial charge in [0.1, 0.15) is 6.61 Å². The number of pyridine rings is 2. The van der Waals surface area contributed by atoms with Crippen molar-refractivity contribution in [1.29, 1.82) is 0 Å². The Labute approximate surface area is 260 Å². The third kappa shape index (κ3) is 6.31. The molecule has 0 atom stereocenters. The topological polar surface area (TPSA) is 134 Å². The van der Waals surface area contributed by atoms with Gasteiger partial charge in [0.05, 0.1) is 12.1 Å². The zero-order valence-electron chi connectivity index (χ0n) is 24.9. The van der Waals surface area contributed by atoms with Crippen molar-refractivity contribution in [2.45, 2.75) is 32.9 Å². The fourth-order valence-electron chi connectivity index (χ4n) is 6.33. The zero-order valence-corrected chi connectivity index (χ0v) is 24.9. The van der Waals surface area contributed by atoms with E-state index in [1.807, 2.05) is 55.6 Å².